The molecule has 0 radical (unpaired) electrons. The molecule has 0 bridgehead atoms. The van der Waals surface area contributed by atoms with Crippen molar-refractivity contribution in [1.82, 2.24) is 20.6 Å². The number of fused-ring (bicyclic) bond motifs is 1. The molecular weight excluding hydrogens is 308 g/mol. The number of aromatic amines is 1. The van der Waals surface area contributed by atoms with E-state index >= 15 is 0 Å². The number of carbonyl (C=O) groups is 1. The molecule has 1 aromatic carbocycles. The molecule has 2 amide bonds. The molecular formula is C17H20N4OS. The molecule has 0 aliphatic carbocycles. The summed E-state index contributed by atoms with van der Waals surface area (Å²) in [6, 6.07) is 6.21. The number of benzene rings is 1. The number of aromatic nitrogens is 2. The Hall–Kier alpha value is -2.34. The number of hydrogen-bond donors (Lipinski definition) is 3. The Morgan fingerprint density at radius 2 is 2.22 bits per heavy atom. The second kappa shape index (κ2) is 7.28. The van der Waals surface area contributed by atoms with E-state index in [0.29, 0.717) is 13.1 Å². The lowest BCUT2D eigenvalue weighted by Crippen LogP contribution is -2.36. The fraction of sp³-hybridized carbons (Fsp3) is 0.294. The Kier molecular flexibility index (Phi) is 4.92. The maximum absolute atomic E-state index is 11.8. The summed E-state index contributed by atoms with van der Waals surface area (Å²) < 4.78 is 0. The molecule has 6 heteroatoms. The zero-order valence-electron chi connectivity index (χ0n) is 13.1. The van der Waals surface area contributed by atoms with Gasteiger partial charge in [0.2, 0.25) is 0 Å². The van der Waals surface area contributed by atoms with Crippen molar-refractivity contribution in [3.63, 3.8) is 0 Å². The molecule has 0 atom stereocenters. The summed E-state index contributed by atoms with van der Waals surface area (Å²) in [7, 11) is 0. The number of nitrogens with zero attached hydrogens (tertiary/aromatic N) is 1. The van der Waals surface area contributed by atoms with Crippen LogP contribution in [-0.2, 0) is 19.4 Å². The zero-order chi connectivity index (χ0) is 16.1. The second-order valence-corrected chi connectivity index (χ2v) is 6.27. The monoisotopic (exact) mass is 328 g/mol. The second-order valence-electron chi connectivity index (χ2n) is 5.29. The molecule has 0 saturated carbocycles. The fourth-order valence-corrected chi connectivity index (χ4v) is 3.20. The third-order valence-electron chi connectivity index (χ3n) is 3.83. The first kappa shape index (κ1) is 15.6. The van der Waals surface area contributed by atoms with Crippen molar-refractivity contribution in [2.45, 2.75) is 26.3 Å². The highest BCUT2D eigenvalue weighted by molar-refractivity contribution is 7.09. The van der Waals surface area contributed by atoms with E-state index in [1.807, 2.05) is 11.6 Å². The van der Waals surface area contributed by atoms with Crippen LogP contribution in [0.4, 0.5) is 4.79 Å². The third-order valence-corrected chi connectivity index (χ3v) is 4.61. The lowest BCUT2D eigenvalue weighted by Gasteiger charge is -2.06. The Labute approximate surface area is 139 Å². The predicted molar refractivity (Wildman–Crippen MR) is 93.7 cm³/mol. The number of urea groups is 1. The minimum atomic E-state index is -0.158. The van der Waals surface area contributed by atoms with Crippen molar-refractivity contribution in [3.05, 3.63) is 52.1 Å². The van der Waals surface area contributed by atoms with Crippen LogP contribution in [0.5, 0.6) is 0 Å². The van der Waals surface area contributed by atoms with Gasteiger partial charge in [0.05, 0.1) is 6.54 Å². The highest BCUT2D eigenvalue weighted by Gasteiger charge is 2.07. The quantitative estimate of drug-likeness (QED) is 0.650. The van der Waals surface area contributed by atoms with Gasteiger partial charge in [-0.25, -0.2) is 9.78 Å². The van der Waals surface area contributed by atoms with Crippen LogP contribution >= 0.6 is 11.3 Å². The van der Waals surface area contributed by atoms with Gasteiger partial charge in [0.1, 0.15) is 5.01 Å². The number of amides is 2. The minimum Gasteiger partial charge on any atom is -0.361 e. The molecule has 0 aliphatic rings. The van der Waals surface area contributed by atoms with Gasteiger partial charge < -0.3 is 15.6 Å². The maximum atomic E-state index is 11.8. The van der Waals surface area contributed by atoms with E-state index in [4.69, 9.17) is 0 Å². The first-order valence-electron chi connectivity index (χ1n) is 7.76. The van der Waals surface area contributed by atoms with E-state index in [1.165, 1.54) is 33.4 Å². The highest BCUT2D eigenvalue weighted by atomic mass is 32.1. The van der Waals surface area contributed by atoms with Crippen molar-refractivity contribution in [2.75, 3.05) is 6.54 Å². The largest absolute Gasteiger partial charge is 0.361 e. The third kappa shape index (κ3) is 3.71. The molecule has 120 valence electrons. The van der Waals surface area contributed by atoms with Gasteiger partial charge in [-0.3, -0.25) is 0 Å². The normalized spacial score (nSPS) is 10.8. The van der Waals surface area contributed by atoms with Gasteiger partial charge in [-0.15, -0.1) is 11.3 Å². The summed E-state index contributed by atoms with van der Waals surface area (Å²) in [5.74, 6) is 0. The zero-order valence-corrected chi connectivity index (χ0v) is 13.9. The number of carbonyl (C=O) groups excluding carboxylic acids is 1. The van der Waals surface area contributed by atoms with E-state index in [9.17, 15) is 4.79 Å². The van der Waals surface area contributed by atoms with E-state index in [-0.39, 0.29) is 6.03 Å². The van der Waals surface area contributed by atoms with E-state index in [1.54, 1.807) is 6.20 Å². The van der Waals surface area contributed by atoms with Crippen LogP contribution in [-0.4, -0.2) is 22.5 Å². The predicted octanol–water partition coefficient (Wildman–Crippen LogP) is 3.23. The van der Waals surface area contributed by atoms with Gasteiger partial charge in [0, 0.05) is 35.2 Å². The summed E-state index contributed by atoms with van der Waals surface area (Å²) in [5.41, 5.74) is 3.76. The molecule has 23 heavy (non-hydrogen) atoms. The Morgan fingerprint density at radius 1 is 1.30 bits per heavy atom. The first-order valence-corrected chi connectivity index (χ1v) is 8.63. The van der Waals surface area contributed by atoms with Crippen molar-refractivity contribution in [3.8, 4) is 0 Å². The summed E-state index contributed by atoms with van der Waals surface area (Å²) >= 11 is 1.53. The van der Waals surface area contributed by atoms with Crippen molar-refractivity contribution < 1.29 is 4.79 Å². The standard InChI is InChI=1S/C17H20N4OS/c1-2-12-4-3-5-14-13(10-20-16(12)14)6-7-19-17(22)21-11-15-18-8-9-23-15/h3-5,8-10,20H,2,6-7,11H2,1H3,(H2,19,21,22). The van der Waals surface area contributed by atoms with Crippen molar-refractivity contribution in [1.29, 1.82) is 0 Å². The number of rotatable bonds is 6. The van der Waals surface area contributed by atoms with Gasteiger partial charge in [-0.05, 0) is 24.0 Å². The molecule has 0 unspecified atom stereocenters. The Bertz CT molecular complexity index is 779. The average molecular weight is 328 g/mol. The van der Waals surface area contributed by atoms with Crippen LogP contribution in [0, 0.1) is 0 Å². The van der Waals surface area contributed by atoms with Gasteiger partial charge in [0.25, 0.3) is 0 Å². The first-order chi connectivity index (χ1) is 11.3. The number of nitrogens with one attached hydrogen (secondary N) is 3. The van der Waals surface area contributed by atoms with Crippen LogP contribution < -0.4 is 10.6 Å². The van der Waals surface area contributed by atoms with E-state index in [0.717, 1.165) is 17.8 Å². The molecule has 3 aromatic rings. The van der Waals surface area contributed by atoms with Gasteiger partial charge in [0.15, 0.2) is 0 Å². The number of hydrogen-bond acceptors (Lipinski definition) is 3. The van der Waals surface area contributed by atoms with E-state index in [2.05, 4.69) is 45.7 Å². The summed E-state index contributed by atoms with van der Waals surface area (Å²) in [6.07, 6.45) is 5.59. The smallest absolute Gasteiger partial charge is 0.315 e. The van der Waals surface area contributed by atoms with Gasteiger partial charge in [-0.2, -0.15) is 0 Å². The summed E-state index contributed by atoms with van der Waals surface area (Å²) in [5, 5.41) is 9.75. The molecule has 0 saturated heterocycles. The van der Waals surface area contributed by atoms with Crippen LogP contribution in [0.15, 0.2) is 36.0 Å². The average Bonchev–Trinajstić information content (AvgIpc) is 3.22. The molecule has 0 fully saturated rings. The Morgan fingerprint density at radius 3 is 3.00 bits per heavy atom. The van der Waals surface area contributed by atoms with Gasteiger partial charge in [-0.1, -0.05) is 25.1 Å². The molecule has 5 nitrogen and oxygen atoms in total. The maximum Gasteiger partial charge on any atom is 0.315 e. The van der Waals surface area contributed by atoms with Crippen LogP contribution in [0.25, 0.3) is 10.9 Å². The van der Waals surface area contributed by atoms with E-state index < -0.39 is 0 Å². The molecule has 0 spiro atoms. The molecule has 3 N–H and O–H groups in total. The highest BCUT2D eigenvalue weighted by Crippen LogP contribution is 2.22. The topological polar surface area (TPSA) is 69.8 Å². The minimum absolute atomic E-state index is 0.158. The lowest BCUT2D eigenvalue weighted by molar-refractivity contribution is 0.240. The van der Waals surface area contributed by atoms with Crippen molar-refractivity contribution >= 4 is 28.3 Å². The number of thiazole rings is 1. The van der Waals surface area contributed by atoms with Gasteiger partial charge >= 0.3 is 6.03 Å². The van der Waals surface area contributed by atoms with Crippen LogP contribution in [0.2, 0.25) is 0 Å². The summed E-state index contributed by atoms with van der Waals surface area (Å²) in [6.45, 7) is 3.23. The molecule has 3 rings (SSSR count). The fourth-order valence-electron chi connectivity index (χ4n) is 2.65. The number of para-hydroxylation sites is 1. The molecule has 2 heterocycles. The summed E-state index contributed by atoms with van der Waals surface area (Å²) in [4.78, 5) is 19.3. The van der Waals surface area contributed by atoms with Crippen LogP contribution in [0.3, 0.4) is 0 Å². The van der Waals surface area contributed by atoms with Crippen molar-refractivity contribution in [2.24, 2.45) is 0 Å². The number of aryl methyl sites for hydroxylation is 1. The SMILES string of the molecule is CCc1cccc2c(CCNC(=O)NCc3nccs3)c[nH]c12. The lowest BCUT2D eigenvalue weighted by atomic mass is 10.1. The molecule has 0 aliphatic heterocycles. The molecule has 2 aromatic heterocycles. The van der Waals surface area contributed by atoms with Crippen LogP contribution in [0.1, 0.15) is 23.1 Å². The number of H-pyrrole nitrogens is 1. The Balaban J connectivity index is 1.51.